The minimum Gasteiger partial charge on any atom is -0.478 e. The Kier molecular flexibility index (Phi) is 3.04. The number of anilines is 1. The Morgan fingerprint density at radius 3 is 2.55 bits per heavy atom. The van der Waals surface area contributed by atoms with Crippen LogP contribution in [0.2, 0.25) is 0 Å². The summed E-state index contributed by atoms with van der Waals surface area (Å²) in [6.07, 6.45) is 3.24. The third-order valence-corrected chi connectivity index (χ3v) is 4.45. The van der Waals surface area contributed by atoms with Crippen molar-refractivity contribution in [3.8, 4) is 0 Å². The highest BCUT2D eigenvalue weighted by Crippen LogP contribution is 2.45. The molecule has 0 spiro atoms. The zero-order valence-corrected chi connectivity index (χ0v) is 11.8. The lowest BCUT2D eigenvalue weighted by Gasteiger charge is -2.41. The lowest BCUT2D eigenvalue weighted by atomic mass is 9.83. The molecule has 1 unspecified atom stereocenters. The summed E-state index contributed by atoms with van der Waals surface area (Å²) in [5.41, 5.74) is 2.17. The molecule has 106 valence electrons. The molecular formula is C16H19NO3. The molecule has 2 atom stereocenters. The van der Waals surface area contributed by atoms with E-state index >= 15 is 0 Å². The van der Waals surface area contributed by atoms with Gasteiger partial charge in [-0.3, -0.25) is 4.79 Å². The van der Waals surface area contributed by atoms with Gasteiger partial charge >= 0.3 is 5.97 Å². The number of hydrogen-bond acceptors (Lipinski definition) is 2. The largest absolute Gasteiger partial charge is 0.478 e. The first kappa shape index (κ1) is 13.2. The van der Waals surface area contributed by atoms with E-state index in [4.69, 9.17) is 5.11 Å². The molecule has 20 heavy (non-hydrogen) atoms. The van der Waals surface area contributed by atoms with E-state index in [1.165, 1.54) is 12.8 Å². The molecule has 1 aliphatic carbocycles. The van der Waals surface area contributed by atoms with Crippen LogP contribution >= 0.6 is 0 Å². The Bertz CT molecular complexity index is 577. The monoisotopic (exact) mass is 273 g/mol. The maximum absolute atomic E-state index is 12.1. The van der Waals surface area contributed by atoms with Gasteiger partial charge in [-0.1, -0.05) is 6.92 Å². The molecule has 1 amide bonds. The lowest BCUT2D eigenvalue weighted by molar-refractivity contribution is -0.117. The van der Waals surface area contributed by atoms with Crippen molar-refractivity contribution in [2.45, 2.75) is 39.2 Å². The van der Waals surface area contributed by atoms with Gasteiger partial charge in [0.1, 0.15) is 0 Å². The molecule has 4 nitrogen and oxygen atoms in total. The predicted octanol–water partition coefficient (Wildman–Crippen LogP) is 2.71. The number of rotatable bonds is 2. The van der Waals surface area contributed by atoms with Gasteiger partial charge < -0.3 is 10.0 Å². The summed E-state index contributed by atoms with van der Waals surface area (Å²) in [6, 6.07) is 5.38. The first-order chi connectivity index (χ1) is 9.49. The molecular weight excluding hydrogens is 254 g/mol. The van der Waals surface area contributed by atoms with Crippen LogP contribution in [0.3, 0.4) is 0 Å². The van der Waals surface area contributed by atoms with Crippen LogP contribution in [0.15, 0.2) is 18.2 Å². The summed E-state index contributed by atoms with van der Waals surface area (Å²) < 4.78 is 0. The average molecular weight is 273 g/mol. The van der Waals surface area contributed by atoms with Gasteiger partial charge in [-0.15, -0.1) is 0 Å². The van der Waals surface area contributed by atoms with Gasteiger partial charge in [-0.2, -0.15) is 0 Å². The van der Waals surface area contributed by atoms with Gasteiger partial charge in [0.05, 0.1) is 5.56 Å². The first-order valence-corrected chi connectivity index (χ1v) is 7.15. The van der Waals surface area contributed by atoms with Crippen molar-refractivity contribution in [2.75, 3.05) is 4.90 Å². The van der Waals surface area contributed by atoms with Crippen LogP contribution in [0, 0.1) is 11.8 Å². The predicted molar refractivity (Wildman–Crippen MR) is 75.9 cm³/mol. The number of fused-ring (bicyclic) bond motifs is 1. The van der Waals surface area contributed by atoms with Crippen molar-refractivity contribution in [1.29, 1.82) is 0 Å². The Morgan fingerprint density at radius 1 is 1.30 bits per heavy atom. The number of aromatic carboxylic acids is 1. The molecule has 1 aromatic carbocycles. The van der Waals surface area contributed by atoms with Crippen LogP contribution in [0.5, 0.6) is 0 Å². The van der Waals surface area contributed by atoms with Gasteiger partial charge in [0, 0.05) is 18.7 Å². The number of carbonyl (C=O) groups excluding carboxylic acids is 1. The summed E-state index contributed by atoms with van der Waals surface area (Å²) in [4.78, 5) is 25.1. The van der Waals surface area contributed by atoms with Crippen molar-refractivity contribution < 1.29 is 14.7 Å². The maximum atomic E-state index is 12.1. The Labute approximate surface area is 118 Å². The normalized spacial score (nSPS) is 25.2. The van der Waals surface area contributed by atoms with Crippen LogP contribution in [0.1, 0.15) is 42.6 Å². The molecule has 4 heteroatoms. The molecule has 3 rings (SSSR count). The summed E-state index contributed by atoms with van der Waals surface area (Å²) in [7, 11) is 0. The van der Waals surface area contributed by atoms with Gasteiger partial charge in [-0.05, 0) is 54.9 Å². The molecule has 2 aliphatic rings. The fourth-order valence-electron chi connectivity index (χ4n) is 3.49. The van der Waals surface area contributed by atoms with Crippen molar-refractivity contribution in [3.63, 3.8) is 0 Å². The van der Waals surface area contributed by atoms with E-state index in [2.05, 4.69) is 6.92 Å². The minimum absolute atomic E-state index is 0.0535. The van der Waals surface area contributed by atoms with E-state index in [1.807, 2.05) is 4.90 Å². The second-order valence-corrected chi connectivity index (χ2v) is 6.05. The number of nitrogens with zero attached hydrogens (tertiary/aromatic N) is 1. The average Bonchev–Trinajstić information content (AvgIpc) is 3.20. The highest BCUT2D eigenvalue weighted by Gasteiger charge is 2.43. The van der Waals surface area contributed by atoms with Gasteiger partial charge in [-0.25, -0.2) is 4.79 Å². The van der Waals surface area contributed by atoms with E-state index in [1.54, 1.807) is 25.1 Å². The number of carboxylic acid groups (broad SMARTS) is 1. The zero-order chi connectivity index (χ0) is 14.4. The fraction of sp³-hybridized carbons (Fsp3) is 0.500. The fourth-order valence-corrected chi connectivity index (χ4v) is 3.49. The molecule has 0 saturated heterocycles. The summed E-state index contributed by atoms with van der Waals surface area (Å²) in [5.74, 6) is 0.126. The standard InChI is InChI=1S/C16H19NO3/c1-9-7-13-8-12(16(19)20)5-6-14(13)17(10(2)18)15(9)11-3-4-11/h5-6,8-9,11,15H,3-4,7H2,1-2H3,(H,19,20)/t9?,15-/m1/s1. The van der Waals surface area contributed by atoms with Crippen molar-refractivity contribution in [2.24, 2.45) is 11.8 Å². The van der Waals surface area contributed by atoms with E-state index in [0.717, 1.165) is 17.7 Å². The second kappa shape index (κ2) is 4.62. The molecule has 0 radical (unpaired) electrons. The van der Waals surface area contributed by atoms with Gasteiger partial charge in [0.25, 0.3) is 0 Å². The molecule has 1 saturated carbocycles. The summed E-state index contributed by atoms with van der Waals surface area (Å²) in [5, 5.41) is 9.10. The highest BCUT2D eigenvalue weighted by molar-refractivity contribution is 5.95. The van der Waals surface area contributed by atoms with Crippen molar-refractivity contribution in [1.82, 2.24) is 0 Å². The van der Waals surface area contributed by atoms with Crippen LogP contribution in [-0.2, 0) is 11.2 Å². The number of carboxylic acids is 1. The number of amides is 1. The zero-order valence-electron chi connectivity index (χ0n) is 11.8. The molecule has 0 aromatic heterocycles. The Morgan fingerprint density at radius 2 is 2.00 bits per heavy atom. The molecule has 1 fully saturated rings. The second-order valence-electron chi connectivity index (χ2n) is 6.05. The van der Waals surface area contributed by atoms with Crippen LogP contribution in [0.4, 0.5) is 5.69 Å². The van der Waals surface area contributed by atoms with E-state index in [-0.39, 0.29) is 11.9 Å². The Balaban J connectivity index is 2.06. The van der Waals surface area contributed by atoms with Gasteiger partial charge in [0.2, 0.25) is 5.91 Å². The van der Waals surface area contributed by atoms with Crippen molar-refractivity contribution in [3.05, 3.63) is 29.3 Å². The van der Waals surface area contributed by atoms with E-state index < -0.39 is 5.97 Å². The number of carbonyl (C=O) groups is 2. The summed E-state index contributed by atoms with van der Waals surface area (Å²) in [6.45, 7) is 3.76. The van der Waals surface area contributed by atoms with Crippen LogP contribution in [0.25, 0.3) is 0 Å². The Hall–Kier alpha value is -1.84. The molecule has 0 bridgehead atoms. The third kappa shape index (κ3) is 2.09. The molecule has 1 aromatic rings. The van der Waals surface area contributed by atoms with Crippen LogP contribution < -0.4 is 4.90 Å². The summed E-state index contributed by atoms with van der Waals surface area (Å²) >= 11 is 0. The molecule has 1 heterocycles. The highest BCUT2D eigenvalue weighted by atomic mass is 16.4. The van der Waals surface area contributed by atoms with Gasteiger partial charge in [0.15, 0.2) is 0 Å². The lowest BCUT2D eigenvalue weighted by Crippen LogP contribution is -2.48. The SMILES string of the molecule is CC(=O)N1c2ccc(C(=O)O)cc2CC(C)[C@@H]1C1CC1. The van der Waals surface area contributed by atoms with Crippen molar-refractivity contribution >= 4 is 17.6 Å². The smallest absolute Gasteiger partial charge is 0.335 e. The quantitative estimate of drug-likeness (QED) is 0.901. The van der Waals surface area contributed by atoms with Crippen LogP contribution in [-0.4, -0.2) is 23.0 Å². The minimum atomic E-state index is -0.917. The van der Waals surface area contributed by atoms with E-state index in [9.17, 15) is 9.59 Å². The first-order valence-electron chi connectivity index (χ1n) is 7.15. The third-order valence-electron chi connectivity index (χ3n) is 4.45. The number of benzene rings is 1. The molecule has 1 N–H and O–H groups in total. The maximum Gasteiger partial charge on any atom is 0.335 e. The number of hydrogen-bond donors (Lipinski definition) is 1. The van der Waals surface area contributed by atoms with E-state index in [0.29, 0.717) is 17.4 Å². The topological polar surface area (TPSA) is 57.6 Å². The molecule has 1 aliphatic heterocycles.